The maximum Gasteiger partial charge on any atom is 0.238 e. The minimum atomic E-state index is -3.65. The number of aryl methyl sites for hydroxylation is 1. The van der Waals surface area contributed by atoms with Crippen molar-refractivity contribution < 1.29 is 13.2 Å². The van der Waals surface area contributed by atoms with Crippen molar-refractivity contribution >= 4 is 15.9 Å². The Balaban J connectivity index is 2.43. The Kier molecular flexibility index (Phi) is 6.84. The summed E-state index contributed by atoms with van der Waals surface area (Å²) in [5, 5.41) is 7.97. The highest BCUT2D eigenvalue weighted by Crippen LogP contribution is 2.10. The van der Waals surface area contributed by atoms with E-state index < -0.39 is 10.0 Å². The van der Waals surface area contributed by atoms with E-state index in [0.29, 0.717) is 18.8 Å². The molecule has 3 N–H and O–H groups in total. The van der Waals surface area contributed by atoms with E-state index in [1.165, 1.54) is 12.1 Å². The topological polar surface area (TPSA) is 89.3 Å². The molecule has 21 heavy (non-hydrogen) atoms. The normalized spacial score (nSPS) is 11.6. The Morgan fingerprint density at radius 2 is 1.76 bits per heavy atom. The minimum absolute atomic E-state index is 0.0254. The van der Waals surface area contributed by atoms with E-state index in [-0.39, 0.29) is 10.8 Å². The molecule has 1 amide bonds. The van der Waals surface area contributed by atoms with Crippen LogP contribution < -0.4 is 10.5 Å². The zero-order chi connectivity index (χ0) is 15.9. The van der Waals surface area contributed by atoms with E-state index in [9.17, 15) is 13.2 Å². The van der Waals surface area contributed by atoms with Crippen LogP contribution in [0.1, 0.15) is 38.7 Å². The van der Waals surface area contributed by atoms with Crippen LogP contribution in [0.5, 0.6) is 0 Å². The summed E-state index contributed by atoms with van der Waals surface area (Å²) < 4.78 is 22.3. The summed E-state index contributed by atoms with van der Waals surface area (Å²) in [5.41, 5.74) is 0.917. The molecule has 0 aromatic heterocycles. The van der Waals surface area contributed by atoms with Crippen LogP contribution in [0.25, 0.3) is 0 Å². The van der Waals surface area contributed by atoms with Gasteiger partial charge in [-0.25, -0.2) is 13.6 Å². The molecule has 0 spiro atoms. The lowest BCUT2D eigenvalue weighted by Gasteiger charge is -2.13. The number of carbonyl (C=O) groups is 1. The number of nitrogens with one attached hydrogen (secondary N) is 1. The average molecular weight is 312 g/mol. The molecule has 0 bridgehead atoms. The predicted molar refractivity (Wildman–Crippen MR) is 83.2 cm³/mol. The average Bonchev–Trinajstić information content (AvgIpc) is 2.45. The molecule has 0 radical (unpaired) electrons. The standard InChI is InChI=1S/C15H24N2O3S/c1-3-12(4-2)11-17-15(18)10-7-13-5-8-14(9-6-13)21(16,19)20/h5-6,8-9,12H,3-4,7,10-11H2,1-2H3,(H,17,18)(H2,16,19,20). The fourth-order valence-electron chi connectivity index (χ4n) is 2.03. The van der Waals surface area contributed by atoms with Gasteiger partial charge in [-0.05, 0) is 30.0 Å². The van der Waals surface area contributed by atoms with Crippen molar-refractivity contribution in [3.63, 3.8) is 0 Å². The Morgan fingerprint density at radius 3 is 2.24 bits per heavy atom. The summed E-state index contributed by atoms with van der Waals surface area (Å²) in [7, 11) is -3.65. The number of carbonyl (C=O) groups excluding carboxylic acids is 1. The van der Waals surface area contributed by atoms with E-state index in [1.54, 1.807) is 12.1 Å². The van der Waals surface area contributed by atoms with Gasteiger partial charge in [0.1, 0.15) is 0 Å². The highest BCUT2D eigenvalue weighted by Gasteiger charge is 2.09. The van der Waals surface area contributed by atoms with E-state index in [0.717, 1.165) is 24.9 Å². The molecule has 1 rings (SSSR count). The van der Waals surface area contributed by atoms with Crippen LogP contribution in [0.3, 0.4) is 0 Å². The van der Waals surface area contributed by atoms with Crippen LogP contribution in [0, 0.1) is 5.92 Å². The molecule has 118 valence electrons. The highest BCUT2D eigenvalue weighted by atomic mass is 32.2. The van der Waals surface area contributed by atoms with Crippen molar-refractivity contribution in [3.05, 3.63) is 29.8 Å². The lowest BCUT2D eigenvalue weighted by Crippen LogP contribution is -2.29. The maximum atomic E-state index is 11.8. The summed E-state index contributed by atoms with van der Waals surface area (Å²) >= 11 is 0. The smallest absolute Gasteiger partial charge is 0.238 e. The number of primary sulfonamides is 1. The van der Waals surface area contributed by atoms with Gasteiger partial charge in [-0.1, -0.05) is 38.8 Å². The molecule has 0 aliphatic heterocycles. The van der Waals surface area contributed by atoms with Gasteiger partial charge >= 0.3 is 0 Å². The van der Waals surface area contributed by atoms with Crippen LogP contribution in [0.2, 0.25) is 0 Å². The molecular weight excluding hydrogens is 288 g/mol. The van der Waals surface area contributed by atoms with Crippen LogP contribution >= 0.6 is 0 Å². The van der Waals surface area contributed by atoms with Crippen molar-refractivity contribution in [3.8, 4) is 0 Å². The molecule has 0 aliphatic rings. The maximum absolute atomic E-state index is 11.8. The second-order valence-electron chi connectivity index (χ2n) is 5.18. The number of sulfonamides is 1. The van der Waals surface area contributed by atoms with E-state index in [4.69, 9.17) is 5.14 Å². The first-order valence-electron chi connectivity index (χ1n) is 7.25. The molecule has 0 aliphatic carbocycles. The monoisotopic (exact) mass is 312 g/mol. The first-order valence-corrected chi connectivity index (χ1v) is 8.79. The zero-order valence-corrected chi connectivity index (χ0v) is 13.4. The molecule has 6 heteroatoms. The Hall–Kier alpha value is -1.40. The van der Waals surface area contributed by atoms with Gasteiger partial charge in [-0.3, -0.25) is 4.79 Å². The second-order valence-corrected chi connectivity index (χ2v) is 6.74. The molecule has 0 fully saturated rings. The molecule has 0 atom stereocenters. The Morgan fingerprint density at radius 1 is 1.19 bits per heavy atom. The first-order chi connectivity index (χ1) is 9.86. The van der Waals surface area contributed by atoms with Crippen LogP contribution in [0.4, 0.5) is 0 Å². The van der Waals surface area contributed by atoms with E-state index in [1.807, 2.05) is 0 Å². The summed E-state index contributed by atoms with van der Waals surface area (Å²) in [4.78, 5) is 11.8. The number of hydrogen-bond acceptors (Lipinski definition) is 3. The van der Waals surface area contributed by atoms with Crippen molar-refractivity contribution in [2.24, 2.45) is 11.1 Å². The molecular formula is C15H24N2O3S. The van der Waals surface area contributed by atoms with E-state index in [2.05, 4.69) is 19.2 Å². The summed E-state index contributed by atoms with van der Waals surface area (Å²) in [6, 6.07) is 6.31. The summed E-state index contributed by atoms with van der Waals surface area (Å²) in [6.07, 6.45) is 3.10. The minimum Gasteiger partial charge on any atom is -0.356 e. The summed E-state index contributed by atoms with van der Waals surface area (Å²) in [5.74, 6) is 0.556. The van der Waals surface area contributed by atoms with E-state index >= 15 is 0 Å². The number of amides is 1. The van der Waals surface area contributed by atoms with Gasteiger partial charge in [0.25, 0.3) is 0 Å². The predicted octanol–water partition coefficient (Wildman–Crippen LogP) is 1.82. The van der Waals surface area contributed by atoms with Gasteiger partial charge < -0.3 is 5.32 Å². The van der Waals surface area contributed by atoms with Crippen LogP contribution in [-0.4, -0.2) is 20.9 Å². The summed E-state index contributed by atoms with van der Waals surface area (Å²) in [6.45, 7) is 4.96. The highest BCUT2D eigenvalue weighted by molar-refractivity contribution is 7.89. The molecule has 1 aromatic rings. The van der Waals surface area contributed by atoms with Crippen LogP contribution in [-0.2, 0) is 21.2 Å². The lowest BCUT2D eigenvalue weighted by atomic mass is 10.0. The van der Waals surface area contributed by atoms with Crippen molar-refractivity contribution in [1.29, 1.82) is 0 Å². The van der Waals surface area contributed by atoms with Gasteiger partial charge in [-0.15, -0.1) is 0 Å². The van der Waals surface area contributed by atoms with Crippen molar-refractivity contribution in [2.75, 3.05) is 6.54 Å². The number of nitrogens with two attached hydrogens (primary N) is 1. The quantitative estimate of drug-likeness (QED) is 0.767. The van der Waals surface area contributed by atoms with Gasteiger partial charge in [-0.2, -0.15) is 0 Å². The van der Waals surface area contributed by atoms with Gasteiger partial charge in [0.2, 0.25) is 15.9 Å². The fraction of sp³-hybridized carbons (Fsp3) is 0.533. The molecule has 0 unspecified atom stereocenters. The van der Waals surface area contributed by atoms with Gasteiger partial charge in [0, 0.05) is 13.0 Å². The van der Waals surface area contributed by atoms with Gasteiger partial charge in [0.05, 0.1) is 4.90 Å². The second kappa shape index (κ2) is 8.14. The number of hydrogen-bond donors (Lipinski definition) is 2. The third-order valence-electron chi connectivity index (χ3n) is 3.64. The third-order valence-corrected chi connectivity index (χ3v) is 4.56. The lowest BCUT2D eigenvalue weighted by molar-refractivity contribution is -0.121. The fourth-order valence-corrected chi connectivity index (χ4v) is 2.54. The SMILES string of the molecule is CCC(CC)CNC(=O)CCc1ccc(S(N)(=O)=O)cc1. The number of rotatable bonds is 8. The van der Waals surface area contributed by atoms with Crippen molar-refractivity contribution in [1.82, 2.24) is 5.32 Å². The molecule has 5 nitrogen and oxygen atoms in total. The molecule has 0 saturated heterocycles. The van der Waals surface area contributed by atoms with Crippen molar-refractivity contribution in [2.45, 2.75) is 44.4 Å². The van der Waals surface area contributed by atoms with Gasteiger partial charge in [0.15, 0.2) is 0 Å². The zero-order valence-electron chi connectivity index (χ0n) is 12.6. The molecule has 0 heterocycles. The Labute approximate surface area is 127 Å². The largest absolute Gasteiger partial charge is 0.356 e. The van der Waals surface area contributed by atoms with Crippen LogP contribution in [0.15, 0.2) is 29.2 Å². The first kappa shape index (κ1) is 17.7. The number of benzene rings is 1. The third kappa shape index (κ3) is 6.27. The Bertz CT molecular complexity index is 549. The molecule has 1 aromatic carbocycles. The molecule has 0 saturated carbocycles.